The van der Waals surface area contributed by atoms with Crippen molar-refractivity contribution in [1.29, 1.82) is 0 Å². The number of aliphatic carboxylic acids is 1. The molecule has 5 heteroatoms. The fourth-order valence-electron chi connectivity index (χ4n) is 2.42. The van der Waals surface area contributed by atoms with Gasteiger partial charge in [-0.15, -0.1) is 11.3 Å². The molecule has 0 aliphatic carbocycles. The van der Waals surface area contributed by atoms with Crippen LogP contribution in [0, 0.1) is 5.92 Å². The summed E-state index contributed by atoms with van der Waals surface area (Å²) in [5.41, 5.74) is 0.814. The van der Waals surface area contributed by atoms with Gasteiger partial charge in [0, 0.05) is 11.3 Å². The number of carboxylic acids is 1. The Morgan fingerprint density at radius 3 is 2.52 bits per heavy atom. The fraction of sp³-hybridized carbons (Fsp3) is 0.333. The molecule has 1 amide bonds. The van der Waals surface area contributed by atoms with Crippen molar-refractivity contribution in [3.05, 3.63) is 58.3 Å². The maximum absolute atomic E-state index is 12.2. The van der Waals surface area contributed by atoms with Gasteiger partial charge in [0.15, 0.2) is 0 Å². The summed E-state index contributed by atoms with van der Waals surface area (Å²) in [6, 6.07) is 12.8. The first-order valence-electron chi connectivity index (χ1n) is 7.67. The van der Waals surface area contributed by atoms with Crippen LogP contribution < -0.4 is 5.32 Å². The molecule has 0 radical (unpaired) electrons. The lowest BCUT2D eigenvalue weighted by atomic mass is 9.94. The van der Waals surface area contributed by atoms with Gasteiger partial charge in [0.05, 0.1) is 12.0 Å². The summed E-state index contributed by atoms with van der Waals surface area (Å²) >= 11 is 1.68. The average molecular weight is 331 g/mol. The molecule has 4 nitrogen and oxygen atoms in total. The number of nitrogens with one attached hydrogen (secondary N) is 1. The number of thiophene rings is 1. The van der Waals surface area contributed by atoms with E-state index in [-0.39, 0.29) is 5.91 Å². The Bertz CT molecular complexity index is 625. The Labute approximate surface area is 140 Å². The zero-order valence-electron chi connectivity index (χ0n) is 13.1. The lowest BCUT2D eigenvalue weighted by Gasteiger charge is -2.23. The highest BCUT2D eigenvalue weighted by molar-refractivity contribution is 7.09. The number of benzene rings is 1. The molecule has 0 saturated heterocycles. The number of aryl methyl sites for hydroxylation is 1. The van der Waals surface area contributed by atoms with Crippen molar-refractivity contribution in [3.63, 3.8) is 0 Å². The van der Waals surface area contributed by atoms with E-state index in [4.69, 9.17) is 0 Å². The minimum absolute atomic E-state index is 0.108. The molecule has 2 atom stereocenters. The van der Waals surface area contributed by atoms with Crippen molar-refractivity contribution in [2.75, 3.05) is 0 Å². The summed E-state index contributed by atoms with van der Waals surface area (Å²) in [6.07, 6.45) is 2.03. The van der Waals surface area contributed by atoms with E-state index >= 15 is 0 Å². The van der Waals surface area contributed by atoms with Gasteiger partial charge in [0.1, 0.15) is 0 Å². The Morgan fingerprint density at radius 1 is 1.17 bits per heavy atom. The van der Waals surface area contributed by atoms with Crippen LogP contribution in [-0.2, 0) is 16.0 Å². The molecule has 1 aromatic heterocycles. The van der Waals surface area contributed by atoms with Crippen molar-refractivity contribution in [2.45, 2.75) is 32.2 Å². The van der Waals surface area contributed by atoms with Crippen LogP contribution in [0.25, 0.3) is 0 Å². The van der Waals surface area contributed by atoms with Gasteiger partial charge in [-0.05, 0) is 36.8 Å². The molecular formula is C18H21NO3S. The molecule has 1 heterocycles. The van der Waals surface area contributed by atoms with Gasteiger partial charge >= 0.3 is 5.97 Å². The van der Waals surface area contributed by atoms with E-state index in [1.807, 2.05) is 41.8 Å². The smallest absolute Gasteiger partial charge is 0.308 e. The first-order chi connectivity index (χ1) is 11.1. The van der Waals surface area contributed by atoms with Crippen LogP contribution >= 0.6 is 11.3 Å². The Balaban J connectivity index is 1.94. The number of carboxylic acid groups (broad SMARTS) is 1. The highest BCUT2D eigenvalue weighted by Crippen LogP contribution is 2.22. The zero-order chi connectivity index (χ0) is 16.7. The molecule has 122 valence electrons. The second kappa shape index (κ2) is 8.48. The Morgan fingerprint density at radius 2 is 1.91 bits per heavy atom. The lowest BCUT2D eigenvalue weighted by Crippen LogP contribution is -2.35. The number of hydrogen-bond acceptors (Lipinski definition) is 3. The van der Waals surface area contributed by atoms with E-state index in [1.54, 1.807) is 18.3 Å². The van der Waals surface area contributed by atoms with E-state index in [0.717, 1.165) is 18.4 Å². The molecule has 2 aromatic rings. The summed E-state index contributed by atoms with van der Waals surface area (Å²) in [5.74, 6) is -1.71. The first-order valence-corrected chi connectivity index (χ1v) is 8.55. The van der Waals surface area contributed by atoms with Crippen LogP contribution in [0.3, 0.4) is 0 Å². The largest absolute Gasteiger partial charge is 0.481 e. The highest BCUT2D eigenvalue weighted by atomic mass is 32.1. The molecule has 1 aromatic carbocycles. The number of amides is 1. The minimum atomic E-state index is -0.919. The van der Waals surface area contributed by atoms with E-state index < -0.39 is 17.9 Å². The monoisotopic (exact) mass is 331 g/mol. The van der Waals surface area contributed by atoms with Gasteiger partial charge in [-0.1, -0.05) is 36.4 Å². The van der Waals surface area contributed by atoms with Crippen molar-refractivity contribution >= 4 is 23.2 Å². The molecule has 0 aliphatic rings. The lowest BCUT2D eigenvalue weighted by molar-refractivity contribution is -0.142. The van der Waals surface area contributed by atoms with Gasteiger partial charge in [-0.3, -0.25) is 9.59 Å². The SMILES string of the molecule is CC(C(=O)O)C(NC(=O)CCCc1cccs1)c1ccccc1. The van der Waals surface area contributed by atoms with Gasteiger partial charge in [0.25, 0.3) is 0 Å². The van der Waals surface area contributed by atoms with Crippen LogP contribution in [0.15, 0.2) is 47.8 Å². The van der Waals surface area contributed by atoms with Crippen molar-refractivity contribution in [1.82, 2.24) is 5.32 Å². The van der Waals surface area contributed by atoms with Gasteiger partial charge in [-0.25, -0.2) is 0 Å². The Hall–Kier alpha value is -2.14. The third-order valence-corrected chi connectivity index (χ3v) is 4.71. The van der Waals surface area contributed by atoms with E-state index in [9.17, 15) is 14.7 Å². The molecule has 0 saturated carbocycles. The molecule has 0 fully saturated rings. The minimum Gasteiger partial charge on any atom is -0.481 e. The molecule has 23 heavy (non-hydrogen) atoms. The van der Waals surface area contributed by atoms with Crippen LogP contribution in [0.5, 0.6) is 0 Å². The average Bonchev–Trinajstić information content (AvgIpc) is 3.06. The van der Waals surface area contributed by atoms with E-state index in [1.165, 1.54) is 4.88 Å². The fourth-order valence-corrected chi connectivity index (χ4v) is 3.17. The normalized spacial score (nSPS) is 13.3. The van der Waals surface area contributed by atoms with Gasteiger partial charge in [0.2, 0.25) is 5.91 Å². The predicted octanol–water partition coefficient (Wildman–Crippen LogP) is 3.65. The van der Waals surface area contributed by atoms with Crippen molar-refractivity contribution in [2.24, 2.45) is 5.92 Å². The van der Waals surface area contributed by atoms with Crippen LogP contribution in [0.1, 0.15) is 36.2 Å². The standard InChI is InChI=1S/C18H21NO3S/c1-13(18(21)22)17(14-7-3-2-4-8-14)19-16(20)11-5-9-15-10-6-12-23-15/h2-4,6-8,10,12-13,17H,5,9,11H2,1H3,(H,19,20)(H,21,22). The number of carbonyl (C=O) groups is 2. The second-order valence-electron chi connectivity index (χ2n) is 5.52. The second-order valence-corrected chi connectivity index (χ2v) is 6.55. The van der Waals surface area contributed by atoms with E-state index in [0.29, 0.717) is 6.42 Å². The summed E-state index contributed by atoms with van der Waals surface area (Å²) in [4.78, 5) is 24.8. The molecule has 0 bridgehead atoms. The molecule has 0 aliphatic heterocycles. The van der Waals surface area contributed by atoms with Crippen LogP contribution in [0.2, 0.25) is 0 Å². The van der Waals surface area contributed by atoms with Crippen molar-refractivity contribution in [3.8, 4) is 0 Å². The number of hydrogen-bond donors (Lipinski definition) is 2. The van der Waals surface area contributed by atoms with Crippen molar-refractivity contribution < 1.29 is 14.7 Å². The summed E-state index contributed by atoms with van der Waals surface area (Å²) in [7, 11) is 0. The third-order valence-electron chi connectivity index (χ3n) is 3.77. The molecule has 0 spiro atoms. The maximum atomic E-state index is 12.2. The molecule has 2 N–H and O–H groups in total. The maximum Gasteiger partial charge on any atom is 0.308 e. The zero-order valence-corrected chi connectivity index (χ0v) is 13.9. The highest BCUT2D eigenvalue weighted by Gasteiger charge is 2.26. The van der Waals surface area contributed by atoms with Gasteiger partial charge < -0.3 is 10.4 Å². The van der Waals surface area contributed by atoms with Gasteiger partial charge in [-0.2, -0.15) is 0 Å². The summed E-state index contributed by atoms with van der Waals surface area (Å²) in [5, 5.41) is 14.2. The topological polar surface area (TPSA) is 66.4 Å². The summed E-state index contributed by atoms with van der Waals surface area (Å²) in [6.45, 7) is 1.62. The number of rotatable bonds is 8. The predicted molar refractivity (Wildman–Crippen MR) is 91.4 cm³/mol. The first kappa shape index (κ1) is 17.2. The molecule has 2 unspecified atom stereocenters. The molecular weight excluding hydrogens is 310 g/mol. The Kier molecular flexibility index (Phi) is 6.35. The summed E-state index contributed by atoms with van der Waals surface area (Å²) < 4.78 is 0. The van der Waals surface area contributed by atoms with Crippen LogP contribution in [-0.4, -0.2) is 17.0 Å². The quantitative estimate of drug-likeness (QED) is 0.776. The van der Waals surface area contributed by atoms with Crippen LogP contribution in [0.4, 0.5) is 0 Å². The molecule has 2 rings (SSSR count). The third kappa shape index (κ3) is 5.21. The van der Waals surface area contributed by atoms with E-state index in [2.05, 4.69) is 11.4 Å². The number of carbonyl (C=O) groups excluding carboxylic acids is 1.